The van der Waals surface area contributed by atoms with Crippen molar-refractivity contribution < 1.29 is 27.9 Å². The lowest BCUT2D eigenvalue weighted by molar-refractivity contribution is -0.136. The van der Waals surface area contributed by atoms with Crippen LogP contribution in [0.3, 0.4) is 0 Å². The average molecular weight is 302 g/mol. The molecule has 1 amide bonds. The van der Waals surface area contributed by atoms with Crippen LogP contribution in [0.2, 0.25) is 0 Å². The number of carbonyl (C=O) groups excluding carboxylic acids is 1. The van der Waals surface area contributed by atoms with Crippen LogP contribution in [0.1, 0.15) is 12.5 Å². The second kappa shape index (κ2) is 6.75. The van der Waals surface area contributed by atoms with Crippen molar-refractivity contribution in [2.24, 2.45) is 0 Å². The van der Waals surface area contributed by atoms with Gasteiger partial charge >= 0.3 is 22.3 Å². The fourth-order valence-corrected chi connectivity index (χ4v) is 2.20. The van der Waals surface area contributed by atoms with Crippen molar-refractivity contribution in [3.8, 4) is 0 Å². The molecule has 0 bridgehead atoms. The summed E-state index contributed by atoms with van der Waals surface area (Å²) in [6.45, 7) is 1.55. The molecule has 0 unspecified atom stereocenters. The first-order chi connectivity index (χ1) is 9.34. The van der Waals surface area contributed by atoms with Crippen LogP contribution in [0, 0.1) is 0 Å². The molecule has 0 saturated heterocycles. The molecule has 3 N–H and O–H groups in total. The van der Waals surface area contributed by atoms with Gasteiger partial charge in [0.25, 0.3) is 0 Å². The minimum Gasteiger partial charge on any atom is -0.481 e. The third-order valence-corrected chi connectivity index (χ3v) is 3.02. The number of carboxylic acid groups (broad SMARTS) is 1. The standard InChI is InChI=1S/C11H14N2O6S/c1-2-19-11(16)13-20(17,18)12-9-6-4-3-5-8(9)7-10(14)15/h3-6,12H,2,7H2,1H3,(H,13,16)(H,14,15). The number of para-hydroxylation sites is 1. The summed E-state index contributed by atoms with van der Waals surface area (Å²) in [6, 6.07) is 5.97. The van der Waals surface area contributed by atoms with Crippen LogP contribution in [0.4, 0.5) is 10.5 Å². The topological polar surface area (TPSA) is 122 Å². The highest BCUT2D eigenvalue weighted by molar-refractivity contribution is 7.91. The Morgan fingerprint density at radius 3 is 2.55 bits per heavy atom. The number of aliphatic carboxylic acids is 1. The highest BCUT2D eigenvalue weighted by Gasteiger charge is 2.17. The van der Waals surface area contributed by atoms with Gasteiger partial charge in [-0.3, -0.25) is 9.52 Å². The molecule has 8 nitrogen and oxygen atoms in total. The molecule has 0 aromatic heterocycles. The lowest BCUT2D eigenvalue weighted by atomic mass is 10.1. The Balaban J connectivity index is 2.87. The van der Waals surface area contributed by atoms with Crippen LogP contribution in [0.5, 0.6) is 0 Å². The molecule has 0 aliphatic carbocycles. The van der Waals surface area contributed by atoms with Gasteiger partial charge in [-0.2, -0.15) is 8.42 Å². The van der Waals surface area contributed by atoms with Crippen molar-refractivity contribution >= 4 is 28.0 Å². The van der Waals surface area contributed by atoms with Crippen LogP contribution in [-0.4, -0.2) is 32.2 Å². The fraction of sp³-hybridized carbons (Fsp3) is 0.273. The highest BCUT2D eigenvalue weighted by Crippen LogP contribution is 2.16. The van der Waals surface area contributed by atoms with Gasteiger partial charge in [0.05, 0.1) is 18.7 Å². The Morgan fingerprint density at radius 2 is 1.95 bits per heavy atom. The number of amides is 1. The van der Waals surface area contributed by atoms with E-state index in [2.05, 4.69) is 9.46 Å². The third kappa shape index (κ3) is 5.14. The van der Waals surface area contributed by atoms with E-state index in [1.165, 1.54) is 25.1 Å². The number of nitrogens with one attached hydrogen (secondary N) is 2. The maximum absolute atomic E-state index is 11.7. The molecule has 0 radical (unpaired) electrons. The van der Waals surface area contributed by atoms with Crippen molar-refractivity contribution in [1.82, 2.24) is 4.72 Å². The molecule has 1 rings (SSSR count). The molecular weight excluding hydrogens is 288 g/mol. The maximum Gasteiger partial charge on any atom is 0.422 e. The SMILES string of the molecule is CCOC(=O)NS(=O)(=O)Nc1ccccc1CC(=O)O. The van der Waals surface area contributed by atoms with Gasteiger partial charge in [-0.15, -0.1) is 0 Å². The molecular formula is C11H14N2O6S. The maximum atomic E-state index is 11.7. The van der Waals surface area contributed by atoms with Gasteiger partial charge in [-0.25, -0.2) is 9.52 Å². The summed E-state index contributed by atoms with van der Waals surface area (Å²) in [6.07, 6.45) is -1.46. The van der Waals surface area contributed by atoms with Crippen molar-refractivity contribution in [3.05, 3.63) is 29.8 Å². The van der Waals surface area contributed by atoms with Gasteiger partial charge < -0.3 is 9.84 Å². The van der Waals surface area contributed by atoms with E-state index in [9.17, 15) is 18.0 Å². The summed E-state index contributed by atoms with van der Waals surface area (Å²) in [5.41, 5.74) is 0.348. The van der Waals surface area contributed by atoms with E-state index < -0.39 is 22.3 Å². The largest absolute Gasteiger partial charge is 0.481 e. The molecule has 0 aliphatic heterocycles. The van der Waals surface area contributed by atoms with Crippen LogP contribution >= 0.6 is 0 Å². The summed E-state index contributed by atoms with van der Waals surface area (Å²) >= 11 is 0. The molecule has 9 heteroatoms. The second-order valence-electron chi connectivity index (χ2n) is 3.66. The van der Waals surface area contributed by atoms with E-state index in [1.807, 2.05) is 0 Å². The zero-order valence-electron chi connectivity index (χ0n) is 10.6. The van der Waals surface area contributed by atoms with E-state index in [-0.39, 0.29) is 24.3 Å². The summed E-state index contributed by atoms with van der Waals surface area (Å²) in [5.74, 6) is -1.10. The van der Waals surface area contributed by atoms with Crippen molar-refractivity contribution in [2.75, 3.05) is 11.3 Å². The van der Waals surface area contributed by atoms with Gasteiger partial charge in [-0.05, 0) is 18.6 Å². The number of hydrogen-bond donors (Lipinski definition) is 3. The van der Waals surface area contributed by atoms with E-state index in [1.54, 1.807) is 10.8 Å². The van der Waals surface area contributed by atoms with Crippen LogP contribution in [0.25, 0.3) is 0 Å². The Hall–Kier alpha value is -2.29. The summed E-state index contributed by atoms with van der Waals surface area (Å²) < 4.78 is 31.5. The number of carboxylic acids is 1. The molecule has 110 valence electrons. The fourth-order valence-electron chi connectivity index (χ4n) is 1.38. The third-order valence-electron chi connectivity index (χ3n) is 2.10. The average Bonchev–Trinajstić information content (AvgIpc) is 2.30. The van der Waals surface area contributed by atoms with Crippen molar-refractivity contribution in [1.29, 1.82) is 0 Å². The first-order valence-corrected chi connectivity index (χ1v) is 7.09. The molecule has 0 heterocycles. The van der Waals surface area contributed by atoms with Crippen molar-refractivity contribution in [3.63, 3.8) is 0 Å². The quantitative estimate of drug-likeness (QED) is 0.711. The smallest absolute Gasteiger partial charge is 0.422 e. The van der Waals surface area contributed by atoms with E-state index in [4.69, 9.17) is 5.11 Å². The normalized spacial score (nSPS) is 10.7. The second-order valence-corrected chi connectivity index (χ2v) is 5.07. The monoisotopic (exact) mass is 302 g/mol. The predicted octanol–water partition coefficient (Wildman–Crippen LogP) is 0.716. The molecule has 0 saturated carbocycles. The Kier molecular flexibility index (Phi) is 5.32. The number of benzene rings is 1. The number of anilines is 1. The molecule has 20 heavy (non-hydrogen) atoms. The lowest BCUT2D eigenvalue weighted by Crippen LogP contribution is -2.36. The molecule has 1 aromatic carbocycles. The number of rotatable bonds is 6. The van der Waals surface area contributed by atoms with E-state index >= 15 is 0 Å². The highest BCUT2D eigenvalue weighted by atomic mass is 32.2. The van der Waals surface area contributed by atoms with Gasteiger partial charge in [0.15, 0.2) is 0 Å². The van der Waals surface area contributed by atoms with E-state index in [0.717, 1.165) is 0 Å². The van der Waals surface area contributed by atoms with Crippen LogP contribution in [-0.2, 0) is 26.2 Å². The zero-order chi connectivity index (χ0) is 15.2. The first kappa shape index (κ1) is 15.8. The lowest BCUT2D eigenvalue weighted by Gasteiger charge is -2.12. The van der Waals surface area contributed by atoms with Gasteiger partial charge in [0, 0.05) is 0 Å². The first-order valence-electron chi connectivity index (χ1n) is 5.61. The van der Waals surface area contributed by atoms with Gasteiger partial charge in [-0.1, -0.05) is 18.2 Å². The number of ether oxygens (including phenoxy) is 1. The Labute approximate surface area is 115 Å². The Bertz CT molecular complexity index is 599. The summed E-state index contributed by atoms with van der Waals surface area (Å²) in [4.78, 5) is 21.7. The molecule has 0 spiro atoms. The van der Waals surface area contributed by atoms with E-state index in [0.29, 0.717) is 0 Å². The number of carbonyl (C=O) groups is 2. The molecule has 1 aromatic rings. The minimum absolute atomic E-state index is 0.0248. The molecule has 0 fully saturated rings. The van der Waals surface area contributed by atoms with Gasteiger partial charge in [0.2, 0.25) is 0 Å². The van der Waals surface area contributed by atoms with Crippen LogP contribution < -0.4 is 9.44 Å². The predicted molar refractivity (Wildman–Crippen MR) is 70.5 cm³/mol. The minimum atomic E-state index is -4.18. The van der Waals surface area contributed by atoms with Crippen molar-refractivity contribution in [2.45, 2.75) is 13.3 Å². The summed E-state index contributed by atoms with van der Waals surface area (Å²) in [5, 5.41) is 8.74. The number of hydrogen-bond acceptors (Lipinski definition) is 5. The van der Waals surface area contributed by atoms with Crippen LogP contribution in [0.15, 0.2) is 24.3 Å². The van der Waals surface area contributed by atoms with Gasteiger partial charge in [0.1, 0.15) is 0 Å². The molecule has 0 atom stereocenters. The Morgan fingerprint density at radius 1 is 1.30 bits per heavy atom. The summed E-state index contributed by atoms with van der Waals surface area (Å²) in [7, 11) is -4.18. The zero-order valence-corrected chi connectivity index (χ0v) is 11.4. The molecule has 0 aliphatic rings.